The second kappa shape index (κ2) is 7.70. The van der Waals surface area contributed by atoms with Crippen LogP contribution in [0.2, 0.25) is 0 Å². The molecular formula is C19H25N3O3. The molecule has 1 aromatic heterocycles. The van der Waals surface area contributed by atoms with Crippen molar-refractivity contribution in [2.45, 2.75) is 37.8 Å². The molecule has 2 aromatic rings. The van der Waals surface area contributed by atoms with Crippen LogP contribution in [0.5, 0.6) is 5.75 Å². The summed E-state index contributed by atoms with van der Waals surface area (Å²) < 4.78 is 12.8. The Hall–Kier alpha value is -2.34. The molecule has 1 unspecified atom stereocenters. The van der Waals surface area contributed by atoms with E-state index in [0.29, 0.717) is 6.61 Å². The summed E-state index contributed by atoms with van der Waals surface area (Å²) in [6, 6.07) is 7.67. The highest BCUT2D eigenvalue weighted by atomic mass is 16.5. The van der Waals surface area contributed by atoms with Crippen molar-refractivity contribution in [1.29, 1.82) is 0 Å². The Morgan fingerprint density at radius 3 is 2.80 bits per heavy atom. The molecule has 0 bridgehead atoms. The second-order valence-electron chi connectivity index (χ2n) is 6.38. The normalized spacial score (nSPS) is 21.1. The zero-order valence-electron chi connectivity index (χ0n) is 14.9. The first-order valence-electron chi connectivity index (χ1n) is 8.66. The molecule has 0 spiro atoms. The Bertz CT molecular complexity index is 711. The molecule has 134 valence electrons. The molecular weight excluding hydrogens is 318 g/mol. The summed E-state index contributed by atoms with van der Waals surface area (Å²) in [6.07, 6.45) is 5.16. The van der Waals surface area contributed by atoms with Crippen LogP contribution in [-0.2, 0) is 16.6 Å². The third-order valence-corrected chi connectivity index (χ3v) is 4.72. The van der Waals surface area contributed by atoms with Gasteiger partial charge in [-0.3, -0.25) is 9.48 Å². The lowest BCUT2D eigenvalue weighted by molar-refractivity contribution is -0.123. The Morgan fingerprint density at radius 1 is 1.44 bits per heavy atom. The predicted molar refractivity (Wildman–Crippen MR) is 94.5 cm³/mol. The minimum atomic E-state index is -0.180. The van der Waals surface area contributed by atoms with E-state index in [-0.39, 0.29) is 24.0 Å². The molecule has 1 aromatic carbocycles. The van der Waals surface area contributed by atoms with Crippen LogP contribution in [0.25, 0.3) is 0 Å². The molecule has 1 amide bonds. The first-order valence-corrected chi connectivity index (χ1v) is 8.66. The van der Waals surface area contributed by atoms with Crippen molar-refractivity contribution < 1.29 is 14.3 Å². The first kappa shape index (κ1) is 17.5. The number of carbonyl (C=O) groups is 1. The lowest BCUT2D eigenvalue weighted by atomic mass is 9.94. The fourth-order valence-electron chi connectivity index (χ4n) is 3.34. The van der Waals surface area contributed by atoms with Gasteiger partial charge in [-0.25, -0.2) is 0 Å². The minimum Gasteiger partial charge on any atom is -0.497 e. The summed E-state index contributed by atoms with van der Waals surface area (Å²) in [5.74, 6) is 0.651. The highest BCUT2D eigenvalue weighted by Gasteiger charge is 2.33. The van der Waals surface area contributed by atoms with E-state index in [4.69, 9.17) is 9.47 Å². The maximum Gasteiger partial charge on any atom is 0.227 e. The Labute approximate surface area is 148 Å². The summed E-state index contributed by atoms with van der Waals surface area (Å²) in [7, 11) is 3.51. The molecule has 0 radical (unpaired) electrons. The maximum atomic E-state index is 12.8. The van der Waals surface area contributed by atoms with Gasteiger partial charge in [0.1, 0.15) is 11.9 Å². The number of aryl methyl sites for hydroxylation is 1. The van der Waals surface area contributed by atoms with Gasteiger partial charge in [0.05, 0.1) is 25.3 Å². The molecule has 25 heavy (non-hydrogen) atoms. The summed E-state index contributed by atoms with van der Waals surface area (Å²) >= 11 is 0. The van der Waals surface area contributed by atoms with Gasteiger partial charge in [0.25, 0.3) is 0 Å². The average Bonchev–Trinajstić information content (AvgIpc) is 3.25. The molecule has 1 N–H and O–H groups in total. The summed E-state index contributed by atoms with van der Waals surface area (Å²) in [5, 5.41) is 7.38. The topological polar surface area (TPSA) is 65.4 Å². The van der Waals surface area contributed by atoms with E-state index >= 15 is 0 Å². The zero-order chi connectivity index (χ0) is 17.8. The predicted octanol–water partition coefficient (Wildman–Crippen LogP) is 2.57. The molecule has 1 aliphatic rings. The standard InChI is InChI=1S/C19H25N3O3/c1-4-16(13-5-7-15(24-3)8-6-13)19(23)21-17-9-10-25-18(17)14-11-20-22(2)12-14/h5-8,11-12,16-18H,4,9-10H2,1-3H3,(H,21,23)/t16?,17-,18+/m0/s1. The molecule has 6 nitrogen and oxygen atoms in total. The van der Waals surface area contributed by atoms with E-state index < -0.39 is 0 Å². The summed E-state index contributed by atoms with van der Waals surface area (Å²) in [5.41, 5.74) is 2.00. The van der Waals surface area contributed by atoms with E-state index in [1.807, 2.05) is 44.4 Å². The van der Waals surface area contributed by atoms with Gasteiger partial charge in [0, 0.05) is 25.4 Å². The second-order valence-corrected chi connectivity index (χ2v) is 6.38. The van der Waals surface area contributed by atoms with Gasteiger partial charge in [-0.15, -0.1) is 0 Å². The van der Waals surface area contributed by atoms with Crippen LogP contribution < -0.4 is 10.1 Å². The zero-order valence-corrected chi connectivity index (χ0v) is 14.9. The van der Waals surface area contributed by atoms with Crippen molar-refractivity contribution in [2.75, 3.05) is 13.7 Å². The quantitative estimate of drug-likeness (QED) is 0.875. The minimum absolute atomic E-state index is 0.0241. The van der Waals surface area contributed by atoms with E-state index in [9.17, 15) is 4.79 Å². The van der Waals surface area contributed by atoms with Crippen molar-refractivity contribution in [3.63, 3.8) is 0 Å². The fraction of sp³-hybridized carbons (Fsp3) is 0.474. The van der Waals surface area contributed by atoms with Crippen molar-refractivity contribution in [3.05, 3.63) is 47.8 Å². The smallest absolute Gasteiger partial charge is 0.227 e. The number of methoxy groups -OCH3 is 1. The number of hydrogen-bond donors (Lipinski definition) is 1. The highest BCUT2D eigenvalue weighted by Crippen LogP contribution is 2.30. The van der Waals surface area contributed by atoms with Crippen LogP contribution in [0.15, 0.2) is 36.7 Å². The van der Waals surface area contributed by atoms with Crippen LogP contribution in [0.4, 0.5) is 0 Å². The number of nitrogens with one attached hydrogen (secondary N) is 1. The lowest BCUT2D eigenvalue weighted by Gasteiger charge is -2.22. The molecule has 3 rings (SSSR count). The monoisotopic (exact) mass is 343 g/mol. The van der Waals surface area contributed by atoms with Gasteiger partial charge in [0.15, 0.2) is 0 Å². The number of ether oxygens (including phenoxy) is 2. The summed E-state index contributed by atoms with van der Waals surface area (Å²) in [4.78, 5) is 12.8. The van der Waals surface area contributed by atoms with Crippen LogP contribution in [-0.4, -0.2) is 35.4 Å². The third-order valence-electron chi connectivity index (χ3n) is 4.72. The lowest BCUT2D eigenvalue weighted by Crippen LogP contribution is -2.39. The van der Waals surface area contributed by atoms with Crippen LogP contribution in [0.1, 0.15) is 42.9 Å². The van der Waals surface area contributed by atoms with Gasteiger partial charge in [-0.2, -0.15) is 5.10 Å². The highest BCUT2D eigenvalue weighted by molar-refractivity contribution is 5.84. The molecule has 0 aliphatic carbocycles. The number of amides is 1. The molecule has 0 saturated carbocycles. The number of benzene rings is 1. The van der Waals surface area contributed by atoms with Gasteiger partial charge >= 0.3 is 0 Å². The SMILES string of the molecule is CCC(C(=O)N[C@H]1CCO[C@@H]1c1cnn(C)c1)c1ccc(OC)cc1. The number of nitrogens with zero attached hydrogens (tertiary/aromatic N) is 2. The van der Waals surface area contributed by atoms with Crippen LogP contribution >= 0.6 is 0 Å². The van der Waals surface area contributed by atoms with Crippen molar-refractivity contribution in [1.82, 2.24) is 15.1 Å². The van der Waals surface area contributed by atoms with Gasteiger partial charge < -0.3 is 14.8 Å². The molecule has 2 heterocycles. The van der Waals surface area contributed by atoms with E-state index in [1.165, 1.54) is 0 Å². The van der Waals surface area contributed by atoms with Crippen molar-refractivity contribution >= 4 is 5.91 Å². The van der Waals surface area contributed by atoms with Crippen LogP contribution in [0, 0.1) is 0 Å². The number of hydrogen-bond acceptors (Lipinski definition) is 4. The van der Waals surface area contributed by atoms with Crippen LogP contribution in [0.3, 0.4) is 0 Å². The van der Waals surface area contributed by atoms with E-state index in [2.05, 4.69) is 10.4 Å². The van der Waals surface area contributed by atoms with Gasteiger partial charge in [0.2, 0.25) is 5.91 Å². The molecule has 1 saturated heterocycles. The third kappa shape index (κ3) is 3.85. The first-order chi connectivity index (χ1) is 12.1. The van der Waals surface area contributed by atoms with Crippen molar-refractivity contribution in [2.24, 2.45) is 7.05 Å². The Kier molecular flexibility index (Phi) is 5.38. The largest absolute Gasteiger partial charge is 0.497 e. The van der Waals surface area contributed by atoms with Crippen molar-refractivity contribution in [3.8, 4) is 5.75 Å². The summed E-state index contributed by atoms with van der Waals surface area (Å²) in [6.45, 7) is 2.67. The Balaban J connectivity index is 1.70. The van der Waals surface area contributed by atoms with E-state index in [0.717, 1.165) is 29.7 Å². The fourth-order valence-corrected chi connectivity index (χ4v) is 3.34. The molecule has 3 atom stereocenters. The number of carbonyl (C=O) groups excluding carboxylic acids is 1. The number of rotatable bonds is 6. The molecule has 6 heteroatoms. The van der Waals surface area contributed by atoms with Gasteiger partial charge in [-0.05, 0) is 30.5 Å². The molecule has 1 aliphatic heterocycles. The number of aromatic nitrogens is 2. The van der Waals surface area contributed by atoms with Gasteiger partial charge in [-0.1, -0.05) is 19.1 Å². The Morgan fingerprint density at radius 2 is 2.20 bits per heavy atom. The molecule has 1 fully saturated rings. The maximum absolute atomic E-state index is 12.8. The average molecular weight is 343 g/mol. The van der Waals surface area contributed by atoms with E-state index in [1.54, 1.807) is 18.0 Å².